The first kappa shape index (κ1) is 18.0. The fourth-order valence-electron chi connectivity index (χ4n) is 5.06. The Kier molecular flexibility index (Phi) is 5.15. The van der Waals surface area contributed by atoms with E-state index in [2.05, 4.69) is 11.4 Å². The molecule has 24 heavy (non-hydrogen) atoms. The summed E-state index contributed by atoms with van der Waals surface area (Å²) >= 11 is 0. The van der Waals surface area contributed by atoms with Crippen LogP contribution in [0.4, 0.5) is 0 Å². The lowest BCUT2D eigenvalue weighted by Crippen LogP contribution is -2.57. The summed E-state index contributed by atoms with van der Waals surface area (Å²) in [4.78, 5) is 0. The van der Waals surface area contributed by atoms with Crippen molar-refractivity contribution < 1.29 is 10.2 Å². The van der Waals surface area contributed by atoms with Crippen molar-refractivity contribution in [2.45, 2.75) is 68.8 Å². The van der Waals surface area contributed by atoms with Crippen LogP contribution >= 0.6 is 12.4 Å². The Bertz CT molecular complexity index is 589. The molecule has 2 fully saturated rings. The SMILES string of the molecule is Cl.Oc1ccc2c(c1)C1(CCNCC3CC3)CCCCC1(O)CC2. The quantitative estimate of drug-likeness (QED) is 0.709. The fraction of sp³-hybridized carbons (Fsp3) is 0.700. The van der Waals surface area contributed by atoms with Crippen LogP contribution in [0.25, 0.3) is 0 Å². The van der Waals surface area contributed by atoms with Gasteiger partial charge in [0.15, 0.2) is 0 Å². The minimum absolute atomic E-state index is 0. The van der Waals surface area contributed by atoms with Crippen LogP contribution in [0.3, 0.4) is 0 Å². The number of rotatable bonds is 5. The van der Waals surface area contributed by atoms with E-state index in [1.54, 1.807) is 6.07 Å². The number of aromatic hydroxyl groups is 1. The molecule has 4 heteroatoms. The van der Waals surface area contributed by atoms with E-state index in [1.807, 2.05) is 6.07 Å². The van der Waals surface area contributed by atoms with Crippen LogP contribution in [0, 0.1) is 5.92 Å². The Balaban J connectivity index is 0.00000169. The molecule has 2 atom stereocenters. The highest BCUT2D eigenvalue weighted by molar-refractivity contribution is 5.85. The second kappa shape index (κ2) is 6.86. The number of hydrogen-bond acceptors (Lipinski definition) is 3. The number of halogens is 1. The van der Waals surface area contributed by atoms with Crippen LogP contribution in [-0.2, 0) is 11.8 Å². The van der Waals surface area contributed by atoms with Gasteiger partial charge in [-0.25, -0.2) is 0 Å². The number of hydrogen-bond donors (Lipinski definition) is 3. The summed E-state index contributed by atoms with van der Waals surface area (Å²) in [6, 6.07) is 5.80. The molecule has 134 valence electrons. The molecule has 0 spiro atoms. The zero-order valence-electron chi connectivity index (χ0n) is 14.4. The van der Waals surface area contributed by atoms with Gasteiger partial charge in [0.2, 0.25) is 0 Å². The molecule has 0 amide bonds. The van der Waals surface area contributed by atoms with Gasteiger partial charge in [-0.1, -0.05) is 18.9 Å². The first-order valence-corrected chi connectivity index (χ1v) is 9.38. The predicted octanol–water partition coefficient (Wildman–Crippen LogP) is 3.69. The number of nitrogens with one attached hydrogen (secondary N) is 1. The number of benzene rings is 1. The van der Waals surface area contributed by atoms with Gasteiger partial charge in [0.05, 0.1) is 5.60 Å². The zero-order chi connectivity index (χ0) is 15.9. The number of aryl methyl sites for hydroxylation is 1. The lowest BCUT2D eigenvalue weighted by atomic mass is 9.53. The lowest BCUT2D eigenvalue weighted by Gasteiger charge is -2.55. The summed E-state index contributed by atoms with van der Waals surface area (Å²) in [5, 5.41) is 25.1. The van der Waals surface area contributed by atoms with Crippen molar-refractivity contribution in [1.29, 1.82) is 0 Å². The van der Waals surface area contributed by atoms with Crippen molar-refractivity contribution in [1.82, 2.24) is 5.32 Å². The van der Waals surface area contributed by atoms with E-state index in [4.69, 9.17) is 0 Å². The lowest BCUT2D eigenvalue weighted by molar-refractivity contribution is -0.0869. The standard InChI is InChI=1S/C20H29NO2.ClH/c22-17-6-5-16-7-10-20(23)9-2-1-8-19(20,18(16)13-17)11-12-21-14-15-3-4-15;/h5-6,13,15,21-23H,1-4,7-12,14H2;1H. The van der Waals surface area contributed by atoms with Crippen LogP contribution in [0.15, 0.2) is 18.2 Å². The van der Waals surface area contributed by atoms with E-state index in [0.717, 1.165) is 57.5 Å². The van der Waals surface area contributed by atoms with Gasteiger partial charge in [-0.15, -0.1) is 12.4 Å². The third-order valence-corrected chi connectivity index (χ3v) is 6.61. The second-order valence-electron chi connectivity index (χ2n) is 8.06. The Morgan fingerprint density at radius 2 is 1.92 bits per heavy atom. The highest BCUT2D eigenvalue weighted by Crippen LogP contribution is 2.55. The fourth-order valence-corrected chi connectivity index (χ4v) is 5.06. The van der Waals surface area contributed by atoms with Crippen molar-refractivity contribution >= 4 is 12.4 Å². The van der Waals surface area contributed by atoms with Gasteiger partial charge in [0, 0.05) is 5.41 Å². The van der Waals surface area contributed by atoms with Gasteiger partial charge in [-0.05, 0) is 87.2 Å². The van der Waals surface area contributed by atoms with E-state index in [9.17, 15) is 10.2 Å². The monoisotopic (exact) mass is 351 g/mol. The second-order valence-corrected chi connectivity index (χ2v) is 8.06. The van der Waals surface area contributed by atoms with Crippen LogP contribution in [0.2, 0.25) is 0 Å². The molecule has 4 rings (SSSR count). The molecule has 3 aliphatic rings. The Morgan fingerprint density at radius 3 is 2.71 bits per heavy atom. The summed E-state index contributed by atoms with van der Waals surface area (Å²) in [5.41, 5.74) is 1.79. The van der Waals surface area contributed by atoms with Crippen molar-refractivity contribution in [3.05, 3.63) is 29.3 Å². The van der Waals surface area contributed by atoms with Crippen LogP contribution in [0.1, 0.15) is 62.5 Å². The van der Waals surface area contributed by atoms with E-state index in [0.29, 0.717) is 5.75 Å². The number of phenolic OH excluding ortho intramolecular Hbond substituents is 1. The molecule has 2 unspecified atom stereocenters. The van der Waals surface area contributed by atoms with Crippen molar-refractivity contribution in [2.75, 3.05) is 13.1 Å². The van der Waals surface area contributed by atoms with E-state index in [-0.39, 0.29) is 17.8 Å². The topological polar surface area (TPSA) is 52.5 Å². The van der Waals surface area contributed by atoms with Crippen molar-refractivity contribution in [3.8, 4) is 5.75 Å². The number of aliphatic hydroxyl groups is 1. The molecule has 1 aromatic rings. The van der Waals surface area contributed by atoms with Gasteiger partial charge < -0.3 is 15.5 Å². The van der Waals surface area contributed by atoms with Crippen LogP contribution < -0.4 is 5.32 Å². The Labute approximate surface area is 151 Å². The molecule has 0 bridgehead atoms. The smallest absolute Gasteiger partial charge is 0.115 e. The maximum Gasteiger partial charge on any atom is 0.115 e. The molecule has 0 radical (unpaired) electrons. The highest BCUT2D eigenvalue weighted by Gasteiger charge is 2.54. The molecule has 2 saturated carbocycles. The Hall–Kier alpha value is -0.770. The Morgan fingerprint density at radius 1 is 1.12 bits per heavy atom. The summed E-state index contributed by atoms with van der Waals surface area (Å²) in [6.45, 7) is 2.09. The first-order valence-electron chi connectivity index (χ1n) is 9.38. The first-order chi connectivity index (χ1) is 11.1. The normalized spacial score (nSPS) is 31.7. The predicted molar refractivity (Wildman–Crippen MR) is 99.0 cm³/mol. The van der Waals surface area contributed by atoms with Crippen LogP contribution in [-0.4, -0.2) is 28.9 Å². The maximum absolute atomic E-state index is 11.5. The summed E-state index contributed by atoms with van der Waals surface area (Å²) in [5.74, 6) is 1.23. The maximum atomic E-state index is 11.5. The summed E-state index contributed by atoms with van der Waals surface area (Å²) in [7, 11) is 0. The molecule has 0 aliphatic heterocycles. The van der Waals surface area contributed by atoms with E-state index in [1.165, 1.54) is 30.4 Å². The number of fused-ring (bicyclic) bond motifs is 3. The molecule has 3 aliphatic carbocycles. The van der Waals surface area contributed by atoms with Gasteiger partial charge in [0.25, 0.3) is 0 Å². The van der Waals surface area contributed by atoms with E-state index >= 15 is 0 Å². The molecule has 0 aromatic heterocycles. The van der Waals surface area contributed by atoms with Crippen molar-refractivity contribution in [2.24, 2.45) is 5.92 Å². The molecule has 1 aromatic carbocycles. The minimum Gasteiger partial charge on any atom is -0.508 e. The number of phenols is 1. The van der Waals surface area contributed by atoms with E-state index < -0.39 is 5.60 Å². The third-order valence-electron chi connectivity index (χ3n) is 6.61. The zero-order valence-corrected chi connectivity index (χ0v) is 15.2. The van der Waals surface area contributed by atoms with Gasteiger partial charge in [-0.2, -0.15) is 0 Å². The summed E-state index contributed by atoms with van der Waals surface area (Å²) in [6.07, 6.45) is 9.79. The minimum atomic E-state index is -0.590. The average Bonchev–Trinajstić information content (AvgIpc) is 3.36. The highest BCUT2D eigenvalue weighted by atomic mass is 35.5. The molecule has 3 nitrogen and oxygen atoms in total. The third kappa shape index (κ3) is 3.07. The van der Waals surface area contributed by atoms with Gasteiger partial charge >= 0.3 is 0 Å². The molecule has 0 heterocycles. The van der Waals surface area contributed by atoms with Gasteiger partial charge in [0.1, 0.15) is 5.75 Å². The molecule has 0 saturated heterocycles. The summed E-state index contributed by atoms with van der Waals surface area (Å²) < 4.78 is 0. The van der Waals surface area contributed by atoms with Crippen molar-refractivity contribution in [3.63, 3.8) is 0 Å². The van der Waals surface area contributed by atoms with Gasteiger partial charge in [-0.3, -0.25) is 0 Å². The molecular weight excluding hydrogens is 322 g/mol. The largest absolute Gasteiger partial charge is 0.508 e. The molecular formula is C20H30ClNO2. The van der Waals surface area contributed by atoms with Crippen LogP contribution in [0.5, 0.6) is 5.75 Å². The average molecular weight is 352 g/mol. The molecule has 3 N–H and O–H groups in total.